The zero-order valence-corrected chi connectivity index (χ0v) is 8.51. The first-order valence-electron chi connectivity index (χ1n) is 4.67. The van der Waals surface area contributed by atoms with Gasteiger partial charge in [-0.05, 0) is 0 Å². The van der Waals surface area contributed by atoms with Crippen molar-refractivity contribution >= 4 is 23.1 Å². The second-order valence-corrected chi connectivity index (χ2v) is 3.63. The normalized spacial score (nSPS) is 28.7. The van der Waals surface area contributed by atoms with Gasteiger partial charge < -0.3 is 16.2 Å². The maximum Gasteiger partial charge on any atom is 0.215 e. The SMILES string of the molecule is NC1=CC(=O)C(OC2C(=O)C=C(N)C2=O)C1=O. The molecule has 4 N–H and O–H groups in total. The maximum atomic E-state index is 11.4. The van der Waals surface area contributed by atoms with Crippen LogP contribution in [0, 0.1) is 0 Å². The number of Topliss-reactive ketones (excluding diaryl/α,β-unsaturated/α-hetero) is 2. The van der Waals surface area contributed by atoms with Crippen molar-refractivity contribution < 1.29 is 23.9 Å². The van der Waals surface area contributed by atoms with Crippen LogP contribution in [-0.4, -0.2) is 35.3 Å². The first-order valence-corrected chi connectivity index (χ1v) is 4.67. The van der Waals surface area contributed by atoms with E-state index in [0.717, 1.165) is 12.2 Å². The van der Waals surface area contributed by atoms with Gasteiger partial charge in [-0.2, -0.15) is 0 Å². The van der Waals surface area contributed by atoms with E-state index >= 15 is 0 Å². The van der Waals surface area contributed by atoms with E-state index in [0.29, 0.717) is 0 Å². The summed E-state index contributed by atoms with van der Waals surface area (Å²) in [4.78, 5) is 45.4. The molecule has 0 bridgehead atoms. The van der Waals surface area contributed by atoms with Crippen molar-refractivity contribution in [3.8, 4) is 0 Å². The van der Waals surface area contributed by atoms with E-state index in [1.54, 1.807) is 0 Å². The zero-order valence-electron chi connectivity index (χ0n) is 8.51. The molecule has 0 aromatic heterocycles. The monoisotopic (exact) mass is 236 g/mol. The van der Waals surface area contributed by atoms with E-state index < -0.39 is 35.3 Å². The molecule has 17 heavy (non-hydrogen) atoms. The minimum absolute atomic E-state index is 0.251. The maximum absolute atomic E-state index is 11.4. The van der Waals surface area contributed by atoms with Crippen molar-refractivity contribution in [2.75, 3.05) is 0 Å². The van der Waals surface area contributed by atoms with Gasteiger partial charge in [0.15, 0.2) is 23.8 Å². The minimum atomic E-state index is -1.52. The van der Waals surface area contributed by atoms with Crippen LogP contribution in [0.3, 0.4) is 0 Å². The summed E-state index contributed by atoms with van der Waals surface area (Å²) < 4.78 is 4.90. The summed E-state index contributed by atoms with van der Waals surface area (Å²) in [5, 5.41) is 0. The molecule has 0 fully saturated rings. The van der Waals surface area contributed by atoms with E-state index in [2.05, 4.69) is 0 Å². The molecule has 88 valence electrons. The summed E-state index contributed by atoms with van der Waals surface area (Å²) >= 11 is 0. The topological polar surface area (TPSA) is 130 Å². The lowest BCUT2D eigenvalue weighted by Gasteiger charge is -2.13. The van der Waals surface area contributed by atoms with Crippen LogP contribution in [0.15, 0.2) is 23.5 Å². The van der Waals surface area contributed by atoms with Gasteiger partial charge in [0, 0.05) is 12.2 Å². The molecule has 7 nitrogen and oxygen atoms in total. The predicted molar refractivity (Wildman–Crippen MR) is 53.2 cm³/mol. The van der Waals surface area contributed by atoms with Crippen LogP contribution >= 0.6 is 0 Å². The van der Waals surface area contributed by atoms with Crippen LogP contribution in [0.25, 0.3) is 0 Å². The van der Waals surface area contributed by atoms with Gasteiger partial charge >= 0.3 is 0 Å². The highest BCUT2D eigenvalue weighted by Crippen LogP contribution is 2.18. The summed E-state index contributed by atoms with van der Waals surface area (Å²) in [5.41, 5.74) is 9.96. The number of nitrogens with two attached hydrogens (primary N) is 2. The number of hydrogen-bond donors (Lipinski definition) is 2. The third-order valence-electron chi connectivity index (χ3n) is 2.43. The molecule has 0 aromatic rings. The molecule has 2 unspecified atom stereocenters. The van der Waals surface area contributed by atoms with Crippen molar-refractivity contribution in [2.24, 2.45) is 11.5 Å². The van der Waals surface area contributed by atoms with Crippen molar-refractivity contribution in [2.45, 2.75) is 12.2 Å². The zero-order chi connectivity index (χ0) is 12.7. The van der Waals surface area contributed by atoms with Gasteiger partial charge in [0.05, 0.1) is 11.4 Å². The minimum Gasteiger partial charge on any atom is -0.396 e. The quantitative estimate of drug-likeness (QED) is 0.517. The Kier molecular flexibility index (Phi) is 2.40. The first-order chi connectivity index (χ1) is 7.91. The number of carbonyl (C=O) groups is 4. The van der Waals surface area contributed by atoms with Crippen LogP contribution in [0.5, 0.6) is 0 Å². The third-order valence-corrected chi connectivity index (χ3v) is 2.43. The van der Waals surface area contributed by atoms with Crippen LogP contribution in [0.4, 0.5) is 0 Å². The predicted octanol–water partition coefficient (Wildman–Crippen LogP) is -2.27. The van der Waals surface area contributed by atoms with Crippen molar-refractivity contribution in [3.63, 3.8) is 0 Å². The van der Waals surface area contributed by atoms with Gasteiger partial charge in [0.2, 0.25) is 11.6 Å². The molecular weight excluding hydrogens is 228 g/mol. The van der Waals surface area contributed by atoms with Gasteiger partial charge in [0.1, 0.15) is 0 Å². The summed E-state index contributed by atoms with van der Waals surface area (Å²) in [6.07, 6.45) is -1.22. The van der Waals surface area contributed by atoms with E-state index in [4.69, 9.17) is 16.2 Å². The second-order valence-electron chi connectivity index (χ2n) is 3.63. The fourth-order valence-electron chi connectivity index (χ4n) is 1.56. The molecule has 7 heteroatoms. The molecular formula is C10H8N2O5. The summed E-state index contributed by atoms with van der Waals surface area (Å²) in [5.74, 6) is -2.86. The van der Waals surface area contributed by atoms with E-state index in [1.807, 2.05) is 0 Å². The van der Waals surface area contributed by atoms with Gasteiger partial charge in [-0.25, -0.2) is 0 Å². The Hall–Kier alpha value is -2.28. The highest BCUT2D eigenvalue weighted by atomic mass is 16.5. The Bertz CT molecular complexity index is 471. The number of hydrogen-bond acceptors (Lipinski definition) is 7. The first kappa shape index (κ1) is 11.2. The van der Waals surface area contributed by atoms with Crippen molar-refractivity contribution in [3.05, 3.63) is 23.5 Å². The molecule has 0 radical (unpaired) electrons. The van der Waals surface area contributed by atoms with Crippen LogP contribution < -0.4 is 11.5 Å². The summed E-state index contributed by atoms with van der Waals surface area (Å²) in [6.45, 7) is 0. The lowest BCUT2D eigenvalue weighted by Crippen LogP contribution is -2.38. The largest absolute Gasteiger partial charge is 0.396 e. The van der Waals surface area contributed by atoms with Gasteiger partial charge in [-0.15, -0.1) is 0 Å². The van der Waals surface area contributed by atoms with Gasteiger partial charge in [0.25, 0.3) is 0 Å². The van der Waals surface area contributed by atoms with Crippen molar-refractivity contribution in [1.29, 1.82) is 0 Å². The Morgan fingerprint density at radius 2 is 1.18 bits per heavy atom. The van der Waals surface area contributed by atoms with Crippen LogP contribution in [0.2, 0.25) is 0 Å². The lowest BCUT2D eigenvalue weighted by atomic mass is 10.2. The molecule has 2 aliphatic carbocycles. The number of rotatable bonds is 2. The third kappa shape index (κ3) is 1.66. The summed E-state index contributed by atoms with van der Waals surface area (Å²) in [7, 11) is 0. The van der Waals surface area contributed by atoms with E-state index in [-0.39, 0.29) is 11.4 Å². The van der Waals surface area contributed by atoms with Crippen LogP contribution in [0.1, 0.15) is 0 Å². The molecule has 0 aromatic carbocycles. The number of ether oxygens (including phenoxy) is 1. The molecule has 0 aliphatic heterocycles. The molecule has 2 aliphatic rings. The molecule has 2 atom stereocenters. The average molecular weight is 236 g/mol. The fourth-order valence-corrected chi connectivity index (χ4v) is 1.56. The molecule has 2 rings (SSSR count). The summed E-state index contributed by atoms with van der Waals surface area (Å²) in [6, 6.07) is 0. The van der Waals surface area contributed by atoms with Gasteiger partial charge in [-0.3, -0.25) is 19.2 Å². The molecule has 0 saturated carbocycles. The average Bonchev–Trinajstić information content (AvgIpc) is 2.62. The number of carbonyl (C=O) groups excluding carboxylic acids is 4. The Labute approximate surface area is 95.1 Å². The standard InChI is InChI=1S/C10H8N2O5/c11-3-1-5(13)9(7(3)15)17-10-6(14)2-4(12)8(10)16/h1-2,9-10H,11-12H2. The lowest BCUT2D eigenvalue weighted by molar-refractivity contribution is -0.148. The second kappa shape index (κ2) is 3.63. The Morgan fingerprint density at radius 3 is 1.41 bits per heavy atom. The Balaban J connectivity index is 2.15. The van der Waals surface area contributed by atoms with Gasteiger partial charge in [-0.1, -0.05) is 0 Å². The molecule has 0 amide bonds. The van der Waals surface area contributed by atoms with E-state index in [9.17, 15) is 19.2 Å². The highest BCUT2D eigenvalue weighted by Gasteiger charge is 2.42. The molecule has 0 saturated heterocycles. The Morgan fingerprint density at radius 1 is 0.824 bits per heavy atom. The fraction of sp³-hybridized carbons (Fsp3) is 0.200. The molecule has 0 spiro atoms. The van der Waals surface area contributed by atoms with Crippen molar-refractivity contribution in [1.82, 2.24) is 0 Å². The number of ketones is 4. The smallest absolute Gasteiger partial charge is 0.215 e. The molecule has 0 heterocycles. The van der Waals surface area contributed by atoms with Crippen LogP contribution in [-0.2, 0) is 23.9 Å². The van der Waals surface area contributed by atoms with E-state index in [1.165, 1.54) is 0 Å². The highest BCUT2D eigenvalue weighted by molar-refractivity contribution is 6.26.